The van der Waals surface area contributed by atoms with Crippen LogP contribution in [0.5, 0.6) is 0 Å². The van der Waals surface area contributed by atoms with Gasteiger partial charge in [-0.15, -0.1) is 11.3 Å². The highest BCUT2D eigenvalue weighted by Gasteiger charge is 2.31. The topological polar surface area (TPSA) is 77.9 Å². The Balaban J connectivity index is 2.22. The number of carbonyl (C=O) groups is 1. The van der Waals surface area contributed by atoms with E-state index in [2.05, 4.69) is 20.8 Å². The summed E-state index contributed by atoms with van der Waals surface area (Å²) in [6.45, 7) is 1.38. The first kappa shape index (κ1) is 16.9. The molecule has 118 valence electrons. The number of halogens is 1. The van der Waals surface area contributed by atoms with Crippen molar-refractivity contribution in [3.05, 3.63) is 14.7 Å². The van der Waals surface area contributed by atoms with Gasteiger partial charge >= 0.3 is 5.97 Å². The van der Waals surface area contributed by atoms with E-state index in [0.29, 0.717) is 10.3 Å². The zero-order valence-corrected chi connectivity index (χ0v) is 15.0. The van der Waals surface area contributed by atoms with E-state index in [1.54, 1.807) is 0 Å². The van der Waals surface area contributed by atoms with E-state index in [9.17, 15) is 13.2 Å². The van der Waals surface area contributed by atoms with Gasteiger partial charge in [-0.2, -0.15) is 4.31 Å². The van der Waals surface area contributed by atoms with Crippen molar-refractivity contribution in [3.63, 3.8) is 0 Å². The fraction of sp³-hybridized carbons (Fsp3) is 0.583. The number of nitrogens with zero attached hydrogens (tertiary/aromatic N) is 2. The molecule has 1 aliphatic heterocycles. The summed E-state index contributed by atoms with van der Waals surface area (Å²) in [6.07, 6.45) is 2.04. The summed E-state index contributed by atoms with van der Waals surface area (Å²) in [4.78, 5) is 13.1. The number of carboxylic acid groups (broad SMARTS) is 1. The molecule has 1 N–H and O–H groups in total. The highest BCUT2D eigenvalue weighted by atomic mass is 79.9. The van der Waals surface area contributed by atoms with Crippen LogP contribution in [0.4, 0.5) is 0 Å². The number of likely N-dealkylation sites (tertiary alicyclic amines) is 1. The molecule has 21 heavy (non-hydrogen) atoms. The van der Waals surface area contributed by atoms with Crippen LogP contribution >= 0.6 is 27.3 Å². The van der Waals surface area contributed by atoms with Gasteiger partial charge in [-0.25, -0.2) is 13.2 Å². The first-order valence-corrected chi connectivity index (χ1v) is 9.47. The molecule has 0 saturated carbocycles. The van der Waals surface area contributed by atoms with Gasteiger partial charge in [-0.05, 0) is 48.4 Å². The molecule has 1 saturated heterocycles. The Morgan fingerprint density at radius 1 is 1.62 bits per heavy atom. The van der Waals surface area contributed by atoms with Gasteiger partial charge in [-0.1, -0.05) is 0 Å². The van der Waals surface area contributed by atoms with E-state index in [-0.39, 0.29) is 15.8 Å². The highest BCUT2D eigenvalue weighted by molar-refractivity contribution is 9.11. The van der Waals surface area contributed by atoms with Crippen molar-refractivity contribution in [3.8, 4) is 0 Å². The molecular formula is C12H17BrN2O4S2. The van der Waals surface area contributed by atoms with Crippen molar-refractivity contribution in [1.29, 1.82) is 0 Å². The summed E-state index contributed by atoms with van der Waals surface area (Å²) in [5.41, 5.74) is 0. The number of likely N-dealkylation sites (N-methyl/N-ethyl adjacent to an activating group) is 2. The van der Waals surface area contributed by atoms with Crippen molar-refractivity contribution >= 4 is 43.3 Å². The Hall–Kier alpha value is -0.480. The fourth-order valence-electron chi connectivity index (χ4n) is 2.41. The molecule has 2 rings (SSSR count). The van der Waals surface area contributed by atoms with Crippen LogP contribution in [0.15, 0.2) is 14.7 Å². The van der Waals surface area contributed by atoms with Crippen molar-refractivity contribution < 1.29 is 18.3 Å². The van der Waals surface area contributed by atoms with Crippen molar-refractivity contribution in [1.82, 2.24) is 9.21 Å². The van der Waals surface area contributed by atoms with Crippen molar-refractivity contribution in [2.24, 2.45) is 0 Å². The van der Waals surface area contributed by atoms with Crippen LogP contribution in [0, 0.1) is 0 Å². The zero-order valence-electron chi connectivity index (χ0n) is 11.7. The standard InChI is InChI=1S/C12H17BrN2O4S2/c1-14-5-3-4-8(14)7-15(2)21(18,19)10-6-9(12(16)17)20-11(10)13/h6,8H,3-5,7H2,1-2H3,(H,16,17). The Morgan fingerprint density at radius 3 is 2.76 bits per heavy atom. The highest BCUT2D eigenvalue weighted by Crippen LogP contribution is 2.33. The first-order chi connectivity index (χ1) is 9.73. The molecule has 1 fully saturated rings. The minimum Gasteiger partial charge on any atom is -0.477 e. The Kier molecular flexibility index (Phi) is 5.09. The van der Waals surface area contributed by atoms with Gasteiger partial charge < -0.3 is 10.0 Å². The van der Waals surface area contributed by atoms with Gasteiger partial charge in [-0.3, -0.25) is 0 Å². The van der Waals surface area contributed by atoms with E-state index in [1.807, 2.05) is 7.05 Å². The summed E-state index contributed by atoms with van der Waals surface area (Å²) in [6, 6.07) is 1.42. The molecule has 0 bridgehead atoms. The second kappa shape index (κ2) is 6.33. The molecule has 1 aliphatic rings. The Bertz CT molecular complexity index is 644. The van der Waals surface area contributed by atoms with Gasteiger partial charge in [0.05, 0.1) is 3.79 Å². The lowest BCUT2D eigenvalue weighted by Crippen LogP contribution is -2.39. The predicted molar refractivity (Wildman–Crippen MR) is 84.4 cm³/mol. The molecule has 2 heterocycles. The second-order valence-electron chi connectivity index (χ2n) is 5.12. The van der Waals surface area contributed by atoms with Crippen LogP contribution in [0.2, 0.25) is 0 Å². The van der Waals surface area contributed by atoms with Crippen LogP contribution in [-0.4, -0.2) is 61.9 Å². The van der Waals surface area contributed by atoms with Crippen LogP contribution < -0.4 is 0 Å². The number of carboxylic acids is 1. The smallest absolute Gasteiger partial charge is 0.345 e. The number of rotatable bonds is 5. The van der Waals surface area contributed by atoms with Crippen LogP contribution in [0.25, 0.3) is 0 Å². The molecule has 1 unspecified atom stereocenters. The molecule has 1 aromatic heterocycles. The number of hydrogen-bond acceptors (Lipinski definition) is 5. The summed E-state index contributed by atoms with van der Waals surface area (Å²) in [5, 5.41) is 8.97. The minimum absolute atomic E-state index is 0.00633. The fourth-order valence-corrected chi connectivity index (χ4v) is 5.96. The molecule has 0 amide bonds. The molecular weight excluding hydrogens is 380 g/mol. The summed E-state index contributed by atoms with van der Waals surface area (Å²) in [5.74, 6) is -1.12. The predicted octanol–water partition coefficient (Wildman–Crippen LogP) is 1.92. The molecule has 0 radical (unpaired) electrons. The molecule has 9 heteroatoms. The molecule has 6 nitrogen and oxygen atoms in total. The van der Waals surface area contributed by atoms with Gasteiger partial charge in [0, 0.05) is 19.6 Å². The van der Waals surface area contributed by atoms with Crippen LogP contribution in [0.3, 0.4) is 0 Å². The number of aromatic carboxylic acids is 1. The summed E-state index contributed by atoms with van der Waals surface area (Å²) >= 11 is 4.06. The minimum atomic E-state index is -3.69. The average molecular weight is 397 g/mol. The van der Waals surface area contributed by atoms with Crippen molar-refractivity contribution in [2.45, 2.75) is 23.8 Å². The average Bonchev–Trinajstić information content (AvgIpc) is 2.96. The van der Waals surface area contributed by atoms with E-state index in [0.717, 1.165) is 30.7 Å². The van der Waals surface area contributed by atoms with Gasteiger partial charge in [0.15, 0.2) is 0 Å². The van der Waals surface area contributed by atoms with Gasteiger partial charge in [0.2, 0.25) is 10.0 Å². The van der Waals surface area contributed by atoms with Crippen molar-refractivity contribution in [2.75, 3.05) is 27.2 Å². The number of sulfonamides is 1. The van der Waals surface area contributed by atoms with E-state index >= 15 is 0 Å². The third-order valence-electron chi connectivity index (χ3n) is 3.69. The molecule has 1 atom stereocenters. The largest absolute Gasteiger partial charge is 0.477 e. The second-order valence-corrected chi connectivity index (χ2v) is 9.50. The third-order valence-corrected chi connectivity index (χ3v) is 7.76. The van der Waals surface area contributed by atoms with Gasteiger partial charge in [0.1, 0.15) is 9.77 Å². The zero-order chi connectivity index (χ0) is 15.8. The Labute approximate surface area is 136 Å². The monoisotopic (exact) mass is 396 g/mol. The van der Waals surface area contributed by atoms with E-state index in [1.165, 1.54) is 17.4 Å². The lowest BCUT2D eigenvalue weighted by Gasteiger charge is -2.25. The maximum absolute atomic E-state index is 12.6. The molecule has 0 aliphatic carbocycles. The van der Waals surface area contributed by atoms with Crippen LogP contribution in [0.1, 0.15) is 22.5 Å². The summed E-state index contributed by atoms with van der Waals surface area (Å²) < 4.78 is 26.8. The quantitative estimate of drug-likeness (QED) is 0.822. The number of hydrogen-bond donors (Lipinski definition) is 1. The maximum Gasteiger partial charge on any atom is 0.345 e. The van der Waals surface area contributed by atoms with Crippen LogP contribution in [-0.2, 0) is 10.0 Å². The number of thiophene rings is 1. The van der Waals surface area contributed by atoms with E-state index < -0.39 is 16.0 Å². The lowest BCUT2D eigenvalue weighted by atomic mass is 10.2. The summed E-state index contributed by atoms with van der Waals surface area (Å²) in [7, 11) is -0.165. The molecule has 0 aromatic carbocycles. The molecule has 0 spiro atoms. The Morgan fingerprint density at radius 2 is 2.29 bits per heavy atom. The van der Waals surface area contributed by atoms with E-state index in [4.69, 9.17) is 5.11 Å². The lowest BCUT2D eigenvalue weighted by molar-refractivity contribution is 0.0702. The maximum atomic E-state index is 12.6. The van der Waals surface area contributed by atoms with Gasteiger partial charge in [0.25, 0.3) is 0 Å². The normalized spacial score (nSPS) is 20.3. The SMILES string of the molecule is CN1CCCC1CN(C)S(=O)(=O)c1cc(C(=O)O)sc1Br. The first-order valence-electron chi connectivity index (χ1n) is 6.42. The third kappa shape index (κ3) is 3.48. The molecule has 1 aromatic rings.